The summed E-state index contributed by atoms with van der Waals surface area (Å²) in [5, 5.41) is 0.827. The van der Waals surface area contributed by atoms with Crippen LogP contribution in [0.5, 0.6) is 0 Å². The maximum absolute atomic E-state index is 5.95. The summed E-state index contributed by atoms with van der Waals surface area (Å²) < 4.78 is 0. The summed E-state index contributed by atoms with van der Waals surface area (Å²) in [6.07, 6.45) is 0. The van der Waals surface area contributed by atoms with Crippen LogP contribution in [0.2, 0.25) is 5.02 Å². The van der Waals surface area contributed by atoms with E-state index in [1.165, 1.54) is 5.56 Å². The molecule has 0 saturated heterocycles. The summed E-state index contributed by atoms with van der Waals surface area (Å²) in [4.78, 5) is 2.31. The Balaban J connectivity index is 2.64. The average Bonchev–Trinajstić information content (AvgIpc) is 2.17. The van der Waals surface area contributed by atoms with Gasteiger partial charge in [-0.1, -0.05) is 37.6 Å². The van der Waals surface area contributed by atoms with E-state index in [1.807, 2.05) is 12.1 Å². The van der Waals surface area contributed by atoms with Crippen LogP contribution < -0.4 is 0 Å². The van der Waals surface area contributed by atoms with E-state index in [4.69, 9.17) is 11.6 Å². The first-order chi connectivity index (χ1) is 6.63. The lowest BCUT2D eigenvalue weighted by Crippen LogP contribution is -2.22. The summed E-state index contributed by atoms with van der Waals surface area (Å²) in [6.45, 7) is 6.57. The van der Waals surface area contributed by atoms with Crippen molar-refractivity contribution in [1.82, 2.24) is 4.90 Å². The largest absolute Gasteiger partial charge is 0.306 e. The third-order valence-electron chi connectivity index (χ3n) is 2.54. The molecule has 0 spiro atoms. The van der Waals surface area contributed by atoms with Crippen molar-refractivity contribution in [2.75, 3.05) is 20.1 Å². The Labute approximate surface area is 91.7 Å². The first kappa shape index (κ1) is 11.5. The van der Waals surface area contributed by atoms with Gasteiger partial charge in [-0.25, -0.2) is 0 Å². The van der Waals surface area contributed by atoms with Gasteiger partial charge >= 0.3 is 0 Å². The highest BCUT2D eigenvalue weighted by atomic mass is 35.5. The average molecular weight is 212 g/mol. The van der Waals surface area contributed by atoms with E-state index in [0.29, 0.717) is 5.92 Å². The predicted molar refractivity (Wildman–Crippen MR) is 63.0 cm³/mol. The first-order valence-corrected chi connectivity index (χ1v) is 5.45. The van der Waals surface area contributed by atoms with Gasteiger partial charge in [0.05, 0.1) is 0 Å². The lowest BCUT2D eigenvalue weighted by atomic mass is 10.0. The molecule has 1 rings (SSSR count). The Bertz CT molecular complexity index is 285. The van der Waals surface area contributed by atoms with Gasteiger partial charge in [-0.15, -0.1) is 0 Å². The minimum atomic E-state index is 0.540. The number of hydrogen-bond acceptors (Lipinski definition) is 1. The quantitative estimate of drug-likeness (QED) is 0.738. The van der Waals surface area contributed by atoms with Crippen molar-refractivity contribution in [3.63, 3.8) is 0 Å². The fraction of sp³-hybridized carbons (Fsp3) is 0.500. The Hall–Kier alpha value is -0.530. The molecule has 0 aliphatic rings. The van der Waals surface area contributed by atoms with Crippen LogP contribution >= 0.6 is 11.6 Å². The molecule has 0 aromatic heterocycles. The van der Waals surface area contributed by atoms with Crippen LogP contribution in [0.25, 0.3) is 0 Å². The summed E-state index contributed by atoms with van der Waals surface area (Å²) in [7, 11) is 2.14. The van der Waals surface area contributed by atoms with Gasteiger partial charge < -0.3 is 4.90 Å². The van der Waals surface area contributed by atoms with Gasteiger partial charge in [0.2, 0.25) is 0 Å². The fourth-order valence-corrected chi connectivity index (χ4v) is 1.71. The van der Waals surface area contributed by atoms with Crippen LogP contribution in [-0.2, 0) is 0 Å². The smallest absolute Gasteiger partial charge is 0.0408 e. The number of rotatable bonds is 4. The van der Waals surface area contributed by atoms with Crippen molar-refractivity contribution in [3.8, 4) is 0 Å². The number of halogens is 1. The molecule has 2 heteroatoms. The highest BCUT2D eigenvalue weighted by Crippen LogP contribution is 2.19. The molecule has 0 radical (unpaired) electrons. The van der Waals surface area contributed by atoms with Gasteiger partial charge in [-0.05, 0) is 37.2 Å². The zero-order chi connectivity index (χ0) is 10.6. The van der Waals surface area contributed by atoms with E-state index >= 15 is 0 Å². The number of nitrogens with zero attached hydrogens (tertiary/aromatic N) is 1. The van der Waals surface area contributed by atoms with Crippen LogP contribution in [-0.4, -0.2) is 25.0 Å². The van der Waals surface area contributed by atoms with Crippen LogP contribution in [0.1, 0.15) is 25.3 Å². The molecular weight excluding hydrogens is 194 g/mol. The molecule has 78 valence electrons. The number of hydrogen-bond donors (Lipinski definition) is 0. The molecule has 1 nitrogen and oxygen atoms in total. The van der Waals surface area contributed by atoms with Crippen molar-refractivity contribution in [3.05, 3.63) is 34.9 Å². The van der Waals surface area contributed by atoms with Gasteiger partial charge in [0.15, 0.2) is 0 Å². The summed E-state index contributed by atoms with van der Waals surface area (Å²) in [6, 6.07) is 8.12. The zero-order valence-corrected chi connectivity index (χ0v) is 9.88. The van der Waals surface area contributed by atoms with Crippen molar-refractivity contribution >= 4 is 11.6 Å². The Morgan fingerprint density at radius 1 is 1.43 bits per heavy atom. The Kier molecular flexibility index (Phi) is 4.43. The fourth-order valence-electron chi connectivity index (χ4n) is 1.52. The monoisotopic (exact) mass is 211 g/mol. The minimum absolute atomic E-state index is 0.540. The van der Waals surface area contributed by atoms with Crippen molar-refractivity contribution in [2.45, 2.75) is 19.8 Å². The van der Waals surface area contributed by atoms with Crippen molar-refractivity contribution in [1.29, 1.82) is 0 Å². The van der Waals surface area contributed by atoms with E-state index < -0.39 is 0 Å². The van der Waals surface area contributed by atoms with Gasteiger partial charge in [0.25, 0.3) is 0 Å². The van der Waals surface area contributed by atoms with E-state index in [1.54, 1.807) is 0 Å². The van der Waals surface area contributed by atoms with Gasteiger partial charge in [0, 0.05) is 11.6 Å². The Morgan fingerprint density at radius 2 is 2.14 bits per heavy atom. The standard InChI is InChI=1S/C12H18ClN/c1-4-14(3)9-10(2)11-6-5-7-12(13)8-11/h5-8,10H,4,9H2,1-3H3. The van der Waals surface area contributed by atoms with Crippen molar-refractivity contribution in [2.24, 2.45) is 0 Å². The highest BCUT2D eigenvalue weighted by molar-refractivity contribution is 6.30. The molecule has 0 aliphatic heterocycles. The lowest BCUT2D eigenvalue weighted by molar-refractivity contribution is 0.333. The first-order valence-electron chi connectivity index (χ1n) is 5.07. The second kappa shape index (κ2) is 5.38. The number of likely N-dealkylation sites (N-methyl/N-ethyl adjacent to an activating group) is 1. The molecule has 1 atom stereocenters. The van der Waals surface area contributed by atoms with E-state index in [9.17, 15) is 0 Å². The predicted octanol–water partition coefficient (Wildman–Crippen LogP) is 3.40. The van der Waals surface area contributed by atoms with E-state index in [0.717, 1.165) is 18.1 Å². The second-order valence-electron chi connectivity index (χ2n) is 3.81. The van der Waals surface area contributed by atoms with Gasteiger partial charge in [0.1, 0.15) is 0 Å². The van der Waals surface area contributed by atoms with Crippen LogP contribution in [0.4, 0.5) is 0 Å². The zero-order valence-electron chi connectivity index (χ0n) is 9.13. The topological polar surface area (TPSA) is 3.24 Å². The molecule has 0 heterocycles. The molecule has 0 saturated carbocycles. The third kappa shape index (κ3) is 3.32. The van der Waals surface area contributed by atoms with E-state index in [-0.39, 0.29) is 0 Å². The highest BCUT2D eigenvalue weighted by Gasteiger charge is 2.07. The minimum Gasteiger partial charge on any atom is -0.306 e. The molecule has 0 bridgehead atoms. The summed E-state index contributed by atoms with van der Waals surface area (Å²) in [5.74, 6) is 0.540. The Morgan fingerprint density at radius 3 is 2.71 bits per heavy atom. The summed E-state index contributed by atoms with van der Waals surface area (Å²) in [5.41, 5.74) is 1.32. The van der Waals surface area contributed by atoms with Crippen molar-refractivity contribution < 1.29 is 0 Å². The van der Waals surface area contributed by atoms with E-state index in [2.05, 4.69) is 37.9 Å². The second-order valence-corrected chi connectivity index (χ2v) is 4.25. The molecule has 0 amide bonds. The molecule has 1 aromatic rings. The van der Waals surface area contributed by atoms with Crippen LogP contribution in [0.15, 0.2) is 24.3 Å². The maximum Gasteiger partial charge on any atom is 0.0408 e. The normalized spacial score (nSPS) is 13.2. The lowest BCUT2D eigenvalue weighted by Gasteiger charge is -2.19. The van der Waals surface area contributed by atoms with Crippen LogP contribution in [0, 0.1) is 0 Å². The maximum atomic E-state index is 5.95. The third-order valence-corrected chi connectivity index (χ3v) is 2.78. The molecular formula is C12H18ClN. The number of benzene rings is 1. The molecule has 1 unspecified atom stereocenters. The summed E-state index contributed by atoms with van der Waals surface area (Å²) >= 11 is 5.95. The SMILES string of the molecule is CCN(C)CC(C)c1cccc(Cl)c1. The molecule has 0 fully saturated rings. The van der Waals surface area contributed by atoms with Gasteiger partial charge in [-0.2, -0.15) is 0 Å². The van der Waals surface area contributed by atoms with Crippen LogP contribution in [0.3, 0.4) is 0 Å². The molecule has 14 heavy (non-hydrogen) atoms. The molecule has 0 aliphatic carbocycles. The molecule has 0 N–H and O–H groups in total. The van der Waals surface area contributed by atoms with Gasteiger partial charge in [-0.3, -0.25) is 0 Å². The molecule has 1 aromatic carbocycles.